The van der Waals surface area contributed by atoms with Crippen molar-refractivity contribution in [3.8, 4) is 10.4 Å². The maximum atomic E-state index is 4.94. The molecule has 4 heteroatoms. The molecule has 0 amide bonds. The Morgan fingerprint density at radius 2 is 0.918 bits per heavy atom. The summed E-state index contributed by atoms with van der Waals surface area (Å²) in [4.78, 5) is 7.30. The van der Waals surface area contributed by atoms with Crippen LogP contribution in [0.1, 0.15) is 10.4 Å². The predicted molar refractivity (Wildman–Crippen MR) is 269 cm³/mol. The van der Waals surface area contributed by atoms with E-state index in [1.807, 2.05) is 11.3 Å². The quantitative estimate of drug-likeness (QED) is 0.0601. The fourth-order valence-corrected chi connectivity index (χ4v) is 9.71. The molecule has 0 radical (unpaired) electrons. The van der Waals surface area contributed by atoms with Gasteiger partial charge < -0.3 is 9.80 Å². The SMILES string of the molecule is SC/C(=C\C=C\c1ccc(-c2cccc3ccccc23)s1)c1ccc2c(N(c3ccccc3)c3ccccc3)c3ccccc3c(N(c3ccccc3)c3ccccc3)c2c1. The van der Waals surface area contributed by atoms with E-state index in [2.05, 4.69) is 246 Å². The van der Waals surface area contributed by atoms with E-state index in [0.717, 1.165) is 66.8 Å². The molecule has 2 nitrogen and oxygen atoms in total. The van der Waals surface area contributed by atoms with Crippen LogP contribution < -0.4 is 9.80 Å². The highest BCUT2D eigenvalue weighted by Gasteiger charge is 2.25. The molecule has 0 aliphatic rings. The monoisotopic (exact) mass is 818 g/mol. The Morgan fingerprint density at radius 1 is 0.443 bits per heavy atom. The average Bonchev–Trinajstić information content (AvgIpc) is 3.81. The van der Waals surface area contributed by atoms with E-state index in [1.54, 1.807) is 0 Å². The Balaban J connectivity index is 1.17. The van der Waals surface area contributed by atoms with Crippen LogP contribution in [0.5, 0.6) is 0 Å². The van der Waals surface area contributed by atoms with E-state index >= 15 is 0 Å². The molecule has 10 rings (SSSR count). The molecule has 0 aliphatic heterocycles. The van der Waals surface area contributed by atoms with Gasteiger partial charge in [-0.15, -0.1) is 11.3 Å². The molecule has 0 fully saturated rings. The lowest BCUT2D eigenvalue weighted by Crippen LogP contribution is -2.14. The van der Waals surface area contributed by atoms with Crippen LogP contribution in [0.2, 0.25) is 0 Å². The van der Waals surface area contributed by atoms with E-state index in [4.69, 9.17) is 12.6 Å². The van der Waals surface area contributed by atoms with Crippen molar-refractivity contribution in [2.45, 2.75) is 0 Å². The number of anilines is 6. The highest BCUT2D eigenvalue weighted by molar-refractivity contribution is 7.80. The van der Waals surface area contributed by atoms with Crippen LogP contribution in [-0.4, -0.2) is 5.75 Å². The molecule has 0 atom stereocenters. The van der Waals surface area contributed by atoms with E-state index in [-0.39, 0.29) is 0 Å². The highest BCUT2D eigenvalue weighted by atomic mass is 32.1. The predicted octanol–water partition coefficient (Wildman–Crippen LogP) is 16.8. The van der Waals surface area contributed by atoms with Crippen LogP contribution in [0, 0.1) is 0 Å². The topological polar surface area (TPSA) is 6.48 Å². The molecule has 61 heavy (non-hydrogen) atoms. The van der Waals surface area contributed by atoms with Gasteiger partial charge in [-0.25, -0.2) is 0 Å². The lowest BCUT2D eigenvalue weighted by atomic mass is 9.92. The van der Waals surface area contributed by atoms with Crippen molar-refractivity contribution in [2.24, 2.45) is 0 Å². The Kier molecular flexibility index (Phi) is 10.8. The molecule has 0 saturated carbocycles. The maximum absolute atomic E-state index is 4.94. The van der Waals surface area contributed by atoms with Gasteiger partial charge in [-0.2, -0.15) is 12.6 Å². The number of nitrogens with zero attached hydrogens (tertiary/aromatic N) is 2. The molecule has 9 aromatic carbocycles. The van der Waals surface area contributed by atoms with Crippen LogP contribution in [-0.2, 0) is 0 Å². The van der Waals surface area contributed by atoms with Gasteiger partial charge in [0.25, 0.3) is 0 Å². The molecular weight excluding hydrogens is 777 g/mol. The van der Waals surface area contributed by atoms with Crippen LogP contribution in [0.25, 0.3) is 54.4 Å². The van der Waals surface area contributed by atoms with Gasteiger partial charge in [0.15, 0.2) is 0 Å². The van der Waals surface area contributed by atoms with Gasteiger partial charge in [-0.05, 0) is 100 Å². The first kappa shape index (κ1) is 38.1. The molecule has 0 N–H and O–H groups in total. The summed E-state index contributed by atoms with van der Waals surface area (Å²) in [6, 6.07) is 78.3. The van der Waals surface area contributed by atoms with Gasteiger partial charge in [0.05, 0.1) is 11.4 Å². The minimum atomic E-state index is 0.582. The standard InChI is InChI=1S/C57H42N2S2/c60-40-43(21-17-30-48-36-38-55(61-48)50-34-18-20-41-19-13-14-31-49(41)50)42-35-37-53-54(39-42)57(59(46-26-9-3-10-27-46)47-28-11-4-12-29-47)52-33-16-15-32-51(52)56(53)58(44-22-5-1-6-23-44)45-24-7-2-8-25-45/h1-39,60H,40H2/b30-17+,43-21+. The third-order valence-electron chi connectivity index (χ3n) is 11.3. The minimum Gasteiger partial charge on any atom is -0.309 e. The molecule has 0 aliphatic carbocycles. The normalized spacial score (nSPS) is 11.8. The summed E-state index contributed by atoms with van der Waals surface area (Å²) in [5.41, 5.74) is 10.2. The number of benzene rings is 9. The summed E-state index contributed by atoms with van der Waals surface area (Å²) < 4.78 is 0. The summed E-state index contributed by atoms with van der Waals surface area (Å²) in [5.74, 6) is 0.582. The van der Waals surface area contributed by atoms with Gasteiger partial charge >= 0.3 is 0 Å². The molecule has 1 heterocycles. The van der Waals surface area contributed by atoms with Crippen molar-refractivity contribution in [1.29, 1.82) is 0 Å². The molecule has 0 spiro atoms. The second-order valence-corrected chi connectivity index (χ2v) is 16.4. The Labute approximate surface area is 367 Å². The minimum absolute atomic E-state index is 0.582. The summed E-state index contributed by atoms with van der Waals surface area (Å²) in [7, 11) is 0. The van der Waals surface area contributed by atoms with Gasteiger partial charge in [-0.3, -0.25) is 0 Å². The number of fused-ring (bicyclic) bond motifs is 3. The van der Waals surface area contributed by atoms with Crippen molar-refractivity contribution in [1.82, 2.24) is 0 Å². The third-order valence-corrected chi connectivity index (χ3v) is 12.7. The van der Waals surface area contributed by atoms with Gasteiger partial charge in [0, 0.05) is 59.8 Å². The Hall–Kier alpha value is -7.11. The van der Waals surface area contributed by atoms with Crippen LogP contribution >= 0.6 is 24.0 Å². The highest BCUT2D eigenvalue weighted by Crippen LogP contribution is 2.51. The second kappa shape index (κ2) is 17.2. The fourth-order valence-electron chi connectivity index (χ4n) is 8.46. The van der Waals surface area contributed by atoms with Crippen LogP contribution in [0.15, 0.2) is 231 Å². The number of para-hydroxylation sites is 4. The Bertz CT molecular complexity index is 3090. The van der Waals surface area contributed by atoms with E-state index in [1.165, 1.54) is 26.1 Å². The number of hydrogen-bond acceptors (Lipinski definition) is 4. The zero-order valence-corrected chi connectivity index (χ0v) is 35.2. The third kappa shape index (κ3) is 7.53. The van der Waals surface area contributed by atoms with E-state index in [0.29, 0.717) is 5.75 Å². The first-order valence-electron chi connectivity index (χ1n) is 20.6. The first-order valence-corrected chi connectivity index (χ1v) is 22.1. The summed E-state index contributed by atoms with van der Waals surface area (Å²) >= 11 is 6.75. The molecule has 0 unspecified atom stereocenters. The smallest absolute Gasteiger partial charge is 0.0620 e. The number of thiol groups is 1. The van der Waals surface area contributed by atoms with E-state index in [9.17, 15) is 0 Å². The van der Waals surface area contributed by atoms with Crippen molar-refractivity contribution < 1.29 is 0 Å². The van der Waals surface area contributed by atoms with Crippen molar-refractivity contribution in [2.75, 3.05) is 15.6 Å². The molecule has 10 aromatic rings. The van der Waals surface area contributed by atoms with Gasteiger partial charge in [0.2, 0.25) is 0 Å². The number of allylic oxidation sites excluding steroid dienone is 2. The second-order valence-electron chi connectivity index (χ2n) is 15.0. The van der Waals surface area contributed by atoms with Crippen molar-refractivity contribution in [3.63, 3.8) is 0 Å². The number of hydrogen-bond donors (Lipinski definition) is 1. The number of thiophene rings is 1. The molecule has 0 saturated heterocycles. The van der Waals surface area contributed by atoms with Crippen LogP contribution in [0.3, 0.4) is 0 Å². The molecular formula is C57H42N2S2. The lowest BCUT2D eigenvalue weighted by Gasteiger charge is -2.33. The fraction of sp³-hybridized carbons (Fsp3) is 0.0175. The maximum Gasteiger partial charge on any atom is 0.0620 e. The molecule has 1 aromatic heterocycles. The lowest BCUT2D eigenvalue weighted by molar-refractivity contribution is 1.29. The molecule has 292 valence electrons. The summed E-state index contributed by atoms with van der Waals surface area (Å²) in [6.45, 7) is 0. The summed E-state index contributed by atoms with van der Waals surface area (Å²) in [6.07, 6.45) is 6.61. The zero-order valence-electron chi connectivity index (χ0n) is 33.5. The van der Waals surface area contributed by atoms with Crippen molar-refractivity contribution >= 4 is 102 Å². The first-order chi connectivity index (χ1) is 30.2. The number of rotatable bonds is 11. The summed E-state index contributed by atoms with van der Waals surface area (Å²) in [5, 5.41) is 7.15. The zero-order chi connectivity index (χ0) is 41.0. The van der Waals surface area contributed by atoms with Crippen molar-refractivity contribution in [3.05, 3.63) is 241 Å². The van der Waals surface area contributed by atoms with Gasteiger partial charge in [-0.1, -0.05) is 164 Å². The molecule has 0 bridgehead atoms. The van der Waals surface area contributed by atoms with Crippen LogP contribution in [0.4, 0.5) is 34.1 Å². The average molecular weight is 819 g/mol. The Morgan fingerprint density at radius 3 is 1.48 bits per heavy atom. The van der Waals surface area contributed by atoms with E-state index < -0.39 is 0 Å². The van der Waals surface area contributed by atoms with Gasteiger partial charge in [0.1, 0.15) is 0 Å². The largest absolute Gasteiger partial charge is 0.309 e.